The second kappa shape index (κ2) is 6.44. The molecule has 1 aliphatic carbocycles. The Morgan fingerprint density at radius 3 is 2.62 bits per heavy atom. The highest BCUT2D eigenvalue weighted by Gasteiger charge is 2.41. The maximum atomic E-state index is 13.2. The summed E-state index contributed by atoms with van der Waals surface area (Å²) in [6.07, 6.45) is 1.78. The van der Waals surface area contributed by atoms with Gasteiger partial charge in [0.2, 0.25) is 0 Å². The van der Waals surface area contributed by atoms with Crippen LogP contribution in [-0.4, -0.2) is 30.4 Å². The molecule has 26 heavy (non-hydrogen) atoms. The molecule has 2 aromatic carbocycles. The lowest BCUT2D eigenvalue weighted by Gasteiger charge is -2.39. The van der Waals surface area contributed by atoms with E-state index in [4.69, 9.17) is 16.3 Å². The molecule has 0 spiro atoms. The van der Waals surface area contributed by atoms with Crippen LogP contribution in [0.5, 0.6) is 0 Å². The van der Waals surface area contributed by atoms with Gasteiger partial charge in [-0.15, -0.1) is 0 Å². The Kier molecular flexibility index (Phi) is 4.23. The van der Waals surface area contributed by atoms with E-state index >= 15 is 0 Å². The molecular formula is C21H20ClNO3. The molecule has 0 fully saturated rings. The molecule has 134 valence electrons. The molecule has 1 unspecified atom stereocenters. The molecular weight excluding hydrogens is 350 g/mol. The number of hydrogen-bond acceptors (Lipinski definition) is 3. The Bertz CT molecular complexity index is 908. The van der Waals surface area contributed by atoms with Crippen LogP contribution >= 0.6 is 11.6 Å². The molecule has 0 saturated carbocycles. The van der Waals surface area contributed by atoms with Crippen molar-refractivity contribution in [2.45, 2.75) is 31.7 Å². The molecule has 0 N–H and O–H groups in total. The van der Waals surface area contributed by atoms with E-state index in [1.165, 1.54) is 12.7 Å². The molecule has 5 heteroatoms. The fourth-order valence-corrected chi connectivity index (χ4v) is 4.60. The molecule has 4 rings (SSSR count). The lowest BCUT2D eigenvalue weighted by atomic mass is 9.83. The topological polar surface area (TPSA) is 46.6 Å². The molecule has 0 aromatic heterocycles. The standard InChI is InChI=1S/C21H20ClNO3/c1-12-11-23(20(24)14-5-3-4-6-16(14)22)17-10-8-13-7-9-15(21(25)26-2)18(12)19(13)17/h3-7,9,12,17H,8,10-11H2,1-2H3/t12?,17-/m1/s1. The highest BCUT2D eigenvalue weighted by Crippen LogP contribution is 2.47. The number of carbonyl (C=O) groups is 2. The summed E-state index contributed by atoms with van der Waals surface area (Å²) in [6, 6.07) is 11.0. The number of ether oxygens (including phenoxy) is 1. The van der Waals surface area contributed by atoms with Crippen molar-refractivity contribution in [3.63, 3.8) is 0 Å². The average Bonchev–Trinajstić information content (AvgIpc) is 3.08. The third kappa shape index (κ3) is 2.52. The Morgan fingerprint density at radius 1 is 1.12 bits per heavy atom. The Hall–Kier alpha value is -2.33. The Balaban J connectivity index is 1.80. The number of halogens is 1. The predicted octanol–water partition coefficient (Wildman–Crippen LogP) is 4.37. The van der Waals surface area contributed by atoms with Gasteiger partial charge in [0.15, 0.2) is 0 Å². The number of aryl methyl sites for hydroxylation is 1. The largest absolute Gasteiger partial charge is 0.465 e. The first kappa shape index (κ1) is 17.1. The van der Waals surface area contributed by atoms with E-state index in [9.17, 15) is 9.59 Å². The van der Waals surface area contributed by atoms with E-state index in [-0.39, 0.29) is 23.8 Å². The van der Waals surface area contributed by atoms with Crippen LogP contribution in [0.3, 0.4) is 0 Å². The quantitative estimate of drug-likeness (QED) is 0.738. The van der Waals surface area contributed by atoms with Gasteiger partial charge in [-0.25, -0.2) is 4.79 Å². The van der Waals surface area contributed by atoms with Crippen LogP contribution in [0.4, 0.5) is 0 Å². The van der Waals surface area contributed by atoms with Crippen LogP contribution in [-0.2, 0) is 11.2 Å². The van der Waals surface area contributed by atoms with Gasteiger partial charge in [0, 0.05) is 6.54 Å². The zero-order valence-corrected chi connectivity index (χ0v) is 15.5. The van der Waals surface area contributed by atoms with Crippen LogP contribution in [0.25, 0.3) is 0 Å². The number of hydrogen-bond donors (Lipinski definition) is 0. The van der Waals surface area contributed by atoms with Crippen LogP contribution in [0.1, 0.15) is 62.7 Å². The van der Waals surface area contributed by atoms with Crippen molar-refractivity contribution in [2.24, 2.45) is 0 Å². The fraction of sp³-hybridized carbons (Fsp3) is 0.333. The monoisotopic (exact) mass is 369 g/mol. The van der Waals surface area contributed by atoms with Crippen LogP contribution in [0, 0.1) is 0 Å². The molecule has 0 bridgehead atoms. The molecule has 1 aliphatic heterocycles. The number of methoxy groups -OCH3 is 1. The van der Waals surface area contributed by atoms with E-state index < -0.39 is 0 Å². The molecule has 1 heterocycles. The number of amides is 1. The number of benzene rings is 2. The van der Waals surface area contributed by atoms with Gasteiger partial charge < -0.3 is 9.64 Å². The first-order valence-corrected chi connectivity index (χ1v) is 9.20. The van der Waals surface area contributed by atoms with Crippen LogP contribution in [0.15, 0.2) is 36.4 Å². The van der Waals surface area contributed by atoms with Crippen molar-refractivity contribution in [3.05, 3.63) is 69.2 Å². The van der Waals surface area contributed by atoms with Gasteiger partial charge in [0.1, 0.15) is 0 Å². The van der Waals surface area contributed by atoms with Crippen LogP contribution < -0.4 is 0 Å². The Morgan fingerprint density at radius 2 is 1.88 bits per heavy atom. The van der Waals surface area contributed by atoms with Crippen molar-refractivity contribution >= 4 is 23.5 Å². The van der Waals surface area contributed by atoms with Crippen molar-refractivity contribution < 1.29 is 14.3 Å². The van der Waals surface area contributed by atoms with Gasteiger partial charge in [-0.3, -0.25) is 4.79 Å². The van der Waals surface area contributed by atoms with Crippen molar-refractivity contribution in [2.75, 3.05) is 13.7 Å². The van der Waals surface area contributed by atoms with Gasteiger partial charge in [0.05, 0.1) is 29.3 Å². The number of carbonyl (C=O) groups excluding carboxylic acids is 2. The summed E-state index contributed by atoms with van der Waals surface area (Å²) < 4.78 is 4.97. The molecule has 0 radical (unpaired) electrons. The number of esters is 1. The molecule has 2 aliphatic rings. The van der Waals surface area contributed by atoms with E-state index in [1.54, 1.807) is 12.1 Å². The highest BCUT2D eigenvalue weighted by molar-refractivity contribution is 6.33. The van der Waals surface area contributed by atoms with E-state index in [0.717, 1.165) is 24.0 Å². The predicted molar refractivity (Wildman–Crippen MR) is 99.7 cm³/mol. The second-order valence-corrected chi connectivity index (χ2v) is 7.39. The van der Waals surface area contributed by atoms with Crippen molar-refractivity contribution in [1.82, 2.24) is 4.90 Å². The third-order valence-corrected chi connectivity index (χ3v) is 5.84. The summed E-state index contributed by atoms with van der Waals surface area (Å²) in [5.74, 6) is -0.305. The van der Waals surface area contributed by atoms with Gasteiger partial charge in [0.25, 0.3) is 5.91 Å². The smallest absolute Gasteiger partial charge is 0.338 e. The maximum Gasteiger partial charge on any atom is 0.338 e. The lowest BCUT2D eigenvalue weighted by Crippen LogP contribution is -2.41. The molecule has 1 amide bonds. The lowest BCUT2D eigenvalue weighted by molar-refractivity contribution is 0.0594. The summed E-state index contributed by atoms with van der Waals surface area (Å²) >= 11 is 6.26. The number of nitrogens with zero attached hydrogens (tertiary/aromatic N) is 1. The summed E-state index contributed by atoms with van der Waals surface area (Å²) in [5, 5.41) is 0.470. The number of rotatable bonds is 2. The summed E-state index contributed by atoms with van der Waals surface area (Å²) in [4.78, 5) is 27.3. The summed E-state index contributed by atoms with van der Waals surface area (Å²) in [5.41, 5.74) is 4.55. The van der Waals surface area contributed by atoms with Gasteiger partial charge in [-0.1, -0.05) is 36.7 Å². The minimum atomic E-state index is -0.314. The first-order valence-electron chi connectivity index (χ1n) is 8.82. The van der Waals surface area contributed by atoms with Crippen molar-refractivity contribution in [3.8, 4) is 0 Å². The van der Waals surface area contributed by atoms with Gasteiger partial charge in [-0.2, -0.15) is 0 Å². The molecule has 2 atom stereocenters. The SMILES string of the molecule is COC(=O)c1ccc2c3c1C(C)CN(C(=O)c1ccccc1Cl)[C@@H]3CC2. The second-order valence-electron chi connectivity index (χ2n) is 6.98. The maximum absolute atomic E-state index is 13.2. The van der Waals surface area contributed by atoms with Gasteiger partial charge in [-0.05, 0) is 53.6 Å². The van der Waals surface area contributed by atoms with Crippen LogP contribution in [0.2, 0.25) is 5.02 Å². The van der Waals surface area contributed by atoms with E-state index in [2.05, 4.69) is 6.92 Å². The third-order valence-electron chi connectivity index (χ3n) is 5.51. The minimum absolute atomic E-state index is 0.00965. The molecule has 0 saturated heterocycles. The molecule has 4 nitrogen and oxygen atoms in total. The highest BCUT2D eigenvalue weighted by atomic mass is 35.5. The fourth-order valence-electron chi connectivity index (χ4n) is 4.39. The summed E-state index contributed by atoms with van der Waals surface area (Å²) in [7, 11) is 1.40. The van der Waals surface area contributed by atoms with Gasteiger partial charge >= 0.3 is 5.97 Å². The Labute approximate surface area is 157 Å². The zero-order chi connectivity index (χ0) is 18.4. The summed E-state index contributed by atoms with van der Waals surface area (Å²) in [6.45, 7) is 2.62. The first-order chi connectivity index (χ1) is 12.5. The minimum Gasteiger partial charge on any atom is -0.465 e. The molecule has 2 aromatic rings. The van der Waals surface area contributed by atoms with E-state index in [1.807, 2.05) is 29.2 Å². The van der Waals surface area contributed by atoms with E-state index in [0.29, 0.717) is 22.7 Å². The average molecular weight is 370 g/mol. The zero-order valence-electron chi connectivity index (χ0n) is 14.8. The normalized spacial score (nSPS) is 20.7. The van der Waals surface area contributed by atoms with Crippen molar-refractivity contribution in [1.29, 1.82) is 0 Å².